The topological polar surface area (TPSA) is 129 Å². The van der Waals surface area contributed by atoms with Crippen LogP contribution in [0.15, 0.2) is 159 Å². The van der Waals surface area contributed by atoms with Gasteiger partial charge in [-0.1, -0.05) is 66.8 Å². The van der Waals surface area contributed by atoms with Crippen molar-refractivity contribution < 1.29 is 23.3 Å². The Hall–Kier alpha value is -5.69. The van der Waals surface area contributed by atoms with Crippen LogP contribution in [0, 0.1) is 0 Å². The van der Waals surface area contributed by atoms with Crippen LogP contribution in [-0.2, 0) is 26.5 Å². The van der Waals surface area contributed by atoms with E-state index in [1.807, 2.05) is 66.7 Å². The van der Waals surface area contributed by atoms with Crippen molar-refractivity contribution in [2.45, 2.75) is 12.8 Å². The van der Waals surface area contributed by atoms with Gasteiger partial charge >= 0.3 is 15.3 Å². The van der Waals surface area contributed by atoms with Crippen molar-refractivity contribution in [3.05, 3.63) is 182 Å². The Bertz CT molecular complexity index is 2410. The average Bonchev–Trinajstić information content (AvgIpc) is 3.14. The first-order valence-electron chi connectivity index (χ1n) is 16.9. The summed E-state index contributed by atoms with van der Waals surface area (Å²) in [5.74, 6) is -0.252. The zero-order valence-electron chi connectivity index (χ0n) is 29.0. The van der Waals surface area contributed by atoms with E-state index in [4.69, 9.17) is 4.52 Å². The van der Waals surface area contributed by atoms with Crippen LogP contribution in [0.2, 0.25) is 0 Å². The van der Waals surface area contributed by atoms with E-state index in [2.05, 4.69) is 52.2 Å². The molecule has 0 fully saturated rings. The van der Waals surface area contributed by atoms with Gasteiger partial charge in [-0.25, -0.2) is 9.13 Å². The summed E-state index contributed by atoms with van der Waals surface area (Å²) >= 11 is 0. The predicted molar refractivity (Wildman–Crippen MR) is 220 cm³/mol. The van der Waals surface area contributed by atoms with Crippen molar-refractivity contribution >= 4 is 65.4 Å². The number of allylic oxidation sites excluding steroid dienone is 2. The Morgan fingerprint density at radius 2 is 0.943 bits per heavy atom. The van der Waals surface area contributed by atoms with Crippen LogP contribution in [0.3, 0.4) is 0 Å². The fourth-order valence-electron chi connectivity index (χ4n) is 5.84. The van der Waals surface area contributed by atoms with Gasteiger partial charge in [0.15, 0.2) is 5.78 Å². The summed E-state index contributed by atoms with van der Waals surface area (Å²) in [6.45, 7) is 11.3. The molecule has 0 heterocycles. The molecule has 6 rings (SSSR count). The highest BCUT2D eigenvalue weighted by Crippen LogP contribution is 2.47. The normalized spacial score (nSPS) is 13.3. The van der Waals surface area contributed by atoms with Crippen LogP contribution < -0.4 is 20.3 Å². The highest BCUT2D eigenvalue weighted by Gasteiger charge is 2.24. The first kappa shape index (κ1) is 37.1. The number of hydrogen-bond acceptors (Lipinski definition) is 4. The quantitative estimate of drug-likeness (QED) is 0.0352. The van der Waals surface area contributed by atoms with Crippen LogP contribution in [0.1, 0.15) is 27.0 Å². The zero-order chi connectivity index (χ0) is 37.4. The van der Waals surface area contributed by atoms with Crippen molar-refractivity contribution in [2.24, 2.45) is 0 Å². The molecule has 0 amide bonds. The van der Waals surface area contributed by atoms with E-state index in [0.29, 0.717) is 33.9 Å². The van der Waals surface area contributed by atoms with E-state index >= 15 is 0 Å². The van der Waals surface area contributed by atoms with Gasteiger partial charge < -0.3 is 4.89 Å². The van der Waals surface area contributed by atoms with E-state index in [-0.39, 0.29) is 12.4 Å². The maximum absolute atomic E-state index is 13.9. The number of benzene rings is 6. The standard InChI is InChI=1S/C42H40N4O5P2/c1-4-7-30-9-11-36-28-40(23-17-34(36)26-30)44-52(48,49)43-38-19-13-32(14-20-38)42(47)33-15-21-39(22-16-33)45-53(50,51-25-6-3)46-41-24-18-35-27-31(8-5-2)10-12-37(35)29-41/h4-6,9-24,26-29H,1-3,7-8,25H2,(H2,45,46,50)(H3,43,44,48,49). The summed E-state index contributed by atoms with van der Waals surface area (Å²) in [6.07, 6.45) is 6.76. The molecular formula is C42H40N4O5P2. The predicted octanol–water partition coefficient (Wildman–Crippen LogP) is 11.1. The van der Waals surface area contributed by atoms with Gasteiger partial charge in [-0.2, -0.15) is 0 Å². The first-order chi connectivity index (χ1) is 25.5. The molecular weight excluding hydrogens is 702 g/mol. The maximum atomic E-state index is 13.9. The van der Waals surface area contributed by atoms with Crippen LogP contribution in [0.4, 0.5) is 22.7 Å². The Labute approximate surface area is 309 Å². The summed E-state index contributed by atoms with van der Waals surface area (Å²) in [5.41, 5.74) is 5.02. The van der Waals surface area contributed by atoms with E-state index in [1.54, 1.807) is 54.6 Å². The molecule has 0 radical (unpaired) electrons. The second-order valence-electron chi connectivity index (χ2n) is 12.4. The second-order valence-corrected chi connectivity index (χ2v) is 15.8. The van der Waals surface area contributed by atoms with Crippen molar-refractivity contribution in [1.82, 2.24) is 0 Å². The zero-order valence-corrected chi connectivity index (χ0v) is 30.8. The number of nitrogens with one attached hydrogen (secondary N) is 4. The molecule has 6 aromatic carbocycles. The van der Waals surface area contributed by atoms with Gasteiger partial charge in [-0.05, 0) is 118 Å². The minimum absolute atomic E-state index is 0.0415. The fourth-order valence-corrected chi connectivity index (χ4v) is 8.36. The smallest absolute Gasteiger partial charge is 0.313 e. The van der Waals surface area contributed by atoms with Gasteiger partial charge in [0.05, 0.1) is 6.61 Å². The summed E-state index contributed by atoms with van der Waals surface area (Å²) in [7, 11) is -7.72. The molecule has 0 saturated carbocycles. The number of anilines is 4. The molecule has 9 nitrogen and oxygen atoms in total. The number of rotatable bonds is 17. The Morgan fingerprint density at radius 1 is 0.547 bits per heavy atom. The van der Waals surface area contributed by atoms with Gasteiger partial charge in [0.1, 0.15) is 0 Å². The minimum Gasteiger partial charge on any atom is -0.313 e. The summed E-state index contributed by atoms with van der Waals surface area (Å²) in [5, 5.41) is 15.3. The lowest BCUT2D eigenvalue weighted by Crippen LogP contribution is -2.10. The first-order valence-corrected chi connectivity index (χ1v) is 20.2. The van der Waals surface area contributed by atoms with Gasteiger partial charge in [0.2, 0.25) is 0 Å². The summed E-state index contributed by atoms with van der Waals surface area (Å²) in [4.78, 5) is 24.0. The monoisotopic (exact) mass is 742 g/mol. The largest absolute Gasteiger partial charge is 0.392 e. The average molecular weight is 743 g/mol. The third kappa shape index (κ3) is 9.60. The van der Waals surface area contributed by atoms with Crippen molar-refractivity contribution in [1.29, 1.82) is 0 Å². The SMILES string of the molecule is C=CCOP(=O)(Nc1ccc(C(=O)c2ccc(NP(=O)(O)Nc3ccc4cc(CC=C)ccc4c3)cc2)cc1)Nc1ccc2cc(CC=C)ccc2c1. The highest BCUT2D eigenvalue weighted by atomic mass is 31.2. The Kier molecular flexibility index (Phi) is 11.4. The molecule has 0 aromatic heterocycles. The van der Waals surface area contributed by atoms with Crippen LogP contribution in [0.5, 0.6) is 0 Å². The van der Waals surface area contributed by atoms with E-state index in [0.717, 1.165) is 45.5 Å². The second kappa shape index (κ2) is 16.3. The highest BCUT2D eigenvalue weighted by molar-refractivity contribution is 7.62. The molecule has 0 spiro atoms. The third-order valence-electron chi connectivity index (χ3n) is 8.35. The number of fused-ring (bicyclic) bond motifs is 2. The lowest BCUT2D eigenvalue weighted by Gasteiger charge is -2.22. The molecule has 11 heteroatoms. The Balaban J connectivity index is 1.09. The molecule has 6 aromatic rings. The third-order valence-corrected chi connectivity index (χ3v) is 11.1. The minimum atomic E-state index is -4.05. The van der Waals surface area contributed by atoms with Crippen molar-refractivity contribution in [3.63, 3.8) is 0 Å². The molecule has 53 heavy (non-hydrogen) atoms. The van der Waals surface area contributed by atoms with Gasteiger partial charge in [0.25, 0.3) is 0 Å². The molecule has 0 aliphatic heterocycles. The summed E-state index contributed by atoms with van der Waals surface area (Å²) < 4.78 is 32.7. The van der Waals surface area contributed by atoms with E-state index < -0.39 is 15.3 Å². The number of carbonyl (C=O) groups excluding carboxylic acids is 1. The molecule has 0 aliphatic carbocycles. The molecule has 268 valence electrons. The summed E-state index contributed by atoms with van der Waals surface area (Å²) in [6, 6.07) is 36.2. The molecule has 0 bridgehead atoms. The van der Waals surface area contributed by atoms with Crippen LogP contribution in [-0.4, -0.2) is 17.3 Å². The van der Waals surface area contributed by atoms with Crippen molar-refractivity contribution in [3.8, 4) is 0 Å². The maximum Gasteiger partial charge on any atom is 0.392 e. The lowest BCUT2D eigenvalue weighted by atomic mass is 10.0. The number of ketones is 1. The van der Waals surface area contributed by atoms with Crippen LogP contribution in [0.25, 0.3) is 21.5 Å². The molecule has 2 unspecified atom stereocenters. The van der Waals surface area contributed by atoms with Crippen molar-refractivity contribution in [2.75, 3.05) is 27.0 Å². The lowest BCUT2D eigenvalue weighted by molar-refractivity contribution is 0.103. The molecule has 2 atom stereocenters. The van der Waals surface area contributed by atoms with Gasteiger partial charge in [0, 0.05) is 33.9 Å². The fraction of sp³-hybridized carbons (Fsp3) is 0.0714. The van der Waals surface area contributed by atoms with E-state index in [1.165, 1.54) is 6.08 Å². The van der Waals surface area contributed by atoms with Gasteiger partial charge in [-0.3, -0.25) is 29.7 Å². The number of hydrogen-bond donors (Lipinski definition) is 5. The number of carbonyl (C=O) groups is 1. The van der Waals surface area contributed by atoms with Gasteiger partial charge in [-0.15, -0.1) is 19.7 Å². The molecule has 5 N–H and O–H groups in total. The Morgan fingerprint density at radius 3 is 1.43 bits per heavy atom. The van der Waals surface area contributed by atoms with Crippen LogP contribution >= 0.6 is 15.3 Å². The van der Waals surface area contributed by atoms with E-state index in [9.17, 15) is 18.8 Å². The molecule has 0 aliphatic rings. The molecule has 0 saturated heterocycles.